The third-order valence-electron chi connectivity index (χ3n) is 4.71. The Morgan fingerprint density at radius 1 is 0.920 bits per heavy atom. The first-order valence-electron chi connectivity index (χ1n) is 8.40. The summed E-state index contributed by atoms with van der Waals surface area (Å²) in [5.41, 5.74) is 3.76. The summed E-state index contributed by atoms with van der Waals surface area (Å²) in [4.78, 5) is 0. The van der Waals surface area contributed by atoms with Crippen LogP contribution in [0.5, 0.6) is 23.0 Å². The standard InChI is InChI=1S/C20H25NO4/c1-22-17-12-14(18(23-2)20(25-4)19(17)24-3)11-16-15-8-6-5-7-13(15)9-10-21-16/h5-8,12,16,21H,9-11H2,1-4H3. The molecule has 2 aromatic carbocycles. The number of methoxy groups -OCH3 is 4. The lowest BCUT2D eigenvalue weighted by Gasteiger charge is -2.28. The second kappa shape index (κ2) is 7.66. The van der Waals surface area contributed by atoms with Crippen molar-refractivity contribution >= 4 is 0 Å². The van der Waals surface area contributed by atoms with E-state index in [0.717, 1.165) is 24.9 Å². The average Bonchev–Trinajstić information content (AvgIpc) is 2.67. The molecule has 5 heteroatoms. The predicted molar refractivity (Wildman–Crippen MR) is 97.2 cm³/mol. The van der Waals surface area contributed by atoms with E-state index in [0.29, 0.717) is 23.0 Å². The maximum absolute atomic E-state index is 5.65. The molecule has 0 saturated heterocycles. The topological polar surface area (TPSA) is 49.0 Å². The fraction of sp³-hybridized carbons (Fsp3) is 0.400. The Hall–Kier alpha value is -2.40. The summed E-state index contributed by atoms with van der Waals surface area (Å²) < 4.78 is 22.2. The first kappa shape index (κ1) is 17.4. The first-order chi connectivity index (χ1) is 12.2. The Balaban J connectivity index is 2.03. The molecule has 25 heavy (non-hydrogen) atoms. The molecule has 2 aromatic rings. The summed E-state index contributed by atoms with van der Waals surface area (Å²) >= 11 is 0. The zero-order valence-electron chi connectivity index (χ0n) is 15.2. The van der Waals surface area contributed by atoms with Crippen LogP contribution in [-0.4, -0.2) is 35.0 Å². The lowest BCUT2D eigenvalue weighted by atomic mass is 9.90. The highest BCUT2D eigenvalue weighted by molar-refractivity contribution is 5.63. The number of hydrogen-bond acceptors (Lipinski definition) is 5. The van der Waals surface area contributed by atoms with Crippen LogP contribution in [0.1, 0.15) is 22.7 Å². The van der Waals surface area contributed by atoms with Crippen LogP contribution in [-0.2, 0) is 12.8 Å². The van der Waals surface area contributed by atoms with Gasteiger partial charge in [0.15, 0.2) is 11.5 Å². The SMILES string of the molecule is COc1cc(CC2NCCc3ccccc32)c(OC)c(OC)c1OC. The number of rotatable bonds is 6. The van der Waals surface area contributed by atoms with E-state index in [9.17, 15) is 0 Å². The Labute approximate surface area is 148 Å². The second-order valence-electron chi connectivity index (χ2n) is 6.00. The van der Waals surface area contributed by atoms with E-state index >= 15 is 0 Å². The van der Waals surface area contributed by atoms with Gasteiger partial charge in [0, 0.05) is 11.6 Å². The lowest BCUT2D eigenvalue weighted by Crippen LogP contribution is -2.31. The Kier molecular flexibility index (Phi) is 5.34. The third kappa shape index (κ3) is 3.24. The molecular weight excluding hydrogens is 318 g/mol. The molecule has 134 valence electrons. The quantitative estimate of drug-likeness (QED) is 0.873. The Morgan fingerprint density at radius 3 is 2.32 bits per heavy atom. The molecule has 0 bridgehead atoms. The molecule has 1 aliphatic heterocycles. The summed E-state index contributed by atoms with van der Waals surface area (Å²) in [6.45, 7) is 0.967. The largest absolute Gasteiger partial charge is 0.493 e. The van der Waals surface area contributed by atoms with Gasteiger partial charge in [-0.3, -0.25) is 0 Å². The maximum Gasteiger partial charge on any atom is 0.207 e. The summed E-state index contributed by atoms with van der Waals surface area (Å²) in [5, 5.41) is 3.61. The second-order valence-corrected chi connectivity index (χ2v) is 6.00. The average molecular weight is 343 g/mol. The summed E-state index contributed by atoms with van der Waals surface area (Å²) in [5.74, 6) is 2.43. The van der Waals surface area contributed by atoms with Crippen LogP contribution >= 0.6 is 0 Å². The molecule has 0 spiro atoms. The van der Waals surface area contributed by atoms with E-state index in [1.807, 2.05) is 6.07 Å². The fourth-order valence-corrected chi connectivity index (χ4v) is 3.55. The molecule has 1 aliphatic rings. The zero-order valence-corrected chi connectivity index (χ0v) is 15.2. The molecule has 1 atom stereocenters. The van der Waals surface area contributed by atoms with Gasteiger partial charge in [-0.15, -0.1) is 0 Å². The molecular formula is C20H25NO4. The molecule has 0 aromatic heterocycles. The van der Waals surface area contributed by atoms with E-state index in [1.54, 1.807) is 28.4 Å². The smallest absolute Gasteiger partial charge is 0.207 e. The van der Waals surface area contributed by atoms with Crippen molar-refractivity contribution in [1.82, 2.24) is 5.32 Å². The summed E-state index contributed by atoms with van der Waals surface area (Å²) in [7, 11) is 6.48. The Morgan fingerprint density at radius 2 is 1.64 bits per heavy atom. The number of hydrogen-bond donors (Lipinski definition) is 1. The molecule has 0 aliphatic carbocycles. The van der Waals surface area contributed by atoms with Crippen LogP contribution in [0.2, 0.25) is 0 Å². The van der Waals surface area contributed by atoms with Gasteiger partial charge in [0.1, 0.15) is 0 Å². The van der Waals surface area contributed by atoms with Gasteiger partial charge in [-0.25, -0.2) is 0 Å². The molecule has 3 rings (SSSR count). The monoisotopic (exact) mass is 343 g/mol. The van der Waals surface area contributed by atoms with Crippen molar-refractivity contribution in [2.45, 2.75) is 18.9 Å². The van der Waals surface area contributed by atoms with Gasteiger partial charge in [0.2, 0.25) is 11.5 Å². The maximum atomic E-state index is 5.65. The molecule has 0 fully saturated rings. The van der Waals surface area contributed by atoms with Crippen molar-refractivity contribution in [1.29, 1.82) is 0 Å². The predicted octanol–water partition coefficient (Wildman–Crippen LogP) is 3.15. The van der Waals surface area contributed by atoms with Crippen molar-refractivity contribution in [2.75, 3.05) is 35.0 Å². The molecule has 0 amide bonds. The highest BCUT2D eigenvalue weighted by Gasteiger charge is 2.25. The van der Waals surface area contributed by atoms with Gasteiger partial charge in [-0.1, -0.05) is 24.3 Å². The van der Waals surface area contributed by atoms with Crippen LogP contribution in [0.15, 0.2) is 30.3 Å². The highest BCUT2D eigenvalue weighted by atomic mass is 16.5. The summed E-state index contributed by atoms with van der Waals surface area (Å²) in [6, 6.07) is 10.8. The molecule has 1 heterocycles. The van der Waals surface area contributed by atoms with Gasteiger partial charge in [0.25, 0.3) is 0 Å². The zero-order chi connectivity index (χ0) is 17.8. The number of nitrogens with one attached hydrogen (secondary N) is 1. The Bertz CT molecular complexity index is 745. The van der Waals surface area contributed by atoms with Crippen LogP contribution in [0.25, 0.3) is 0 Å². The van der Waals surface area contributed by atoms with E-state index in [4.69, 9.17) is 18.9 Å². The van der Waals surface area contributed by atoms with Gasteiger partial charge in [-0.2, -0.15) is 0 Å². The van der Waals surface area contributed by atoms with Crippen molar-refractivity contribution < 1.29 is 18.9 Å². The van der Waals surface area contributed by atoms with Gasteiger partial charge >= 0.3 is 0 Å². The van der Waals surface area contributed by atoms with Gasteiger partial charge < -0.3 is 24.3 Å². The van der Waals surface area contributed by atoms with E-state index in [2.05, 4.69) is 29.6 Å². The number of fused-ring (bicyclic) bond motifs is 1. The molecule has 5 nitrogen and oxygen atoms in total. The summed E-state index contributed by atoms with van der Waals surface area (Å²) in [6.07, 6.45) is 1.83. The first-order valence-corrected chi connectivity index (χ1v) is 8.40. The minimum absolute atomic E-state index is 0.224. The lowest BCUT2D eigenvalue weighted by molar-refractivity contribution is 0.302. The van der Waals surface area contributed by atoms with Crippen molar-refractivity contribution in [3.05, 3.63) is 47.0 Å². The van der Waals surface area contributed by atoms with Crippen molar-refractivity contribution in [3.8, 4) is 23.0 Å². The van der Waals surface area contributed by atoms with Crippen molar-refractivity contribution in [3.63, 3.8) is 0 Å². The van der Waals surface area contributed by atoms with Crippen LogP contribution in [0.4, 0.5) is 0 Å². The van der Waals surface area contributed by atoms with E-state index in [1.165, 1.54) is 11.1 Å². The fourth-order valence-electron chi connectivity index (χ4n) is 3.55. The van der Waals surface area contributed by atoms with Gasteiger partial charge in [0.05, 0.1) is 28.4 Å². The minimum Gasteiger partial charge on any atom is -0.493 e. The molecule has 1 N–H and O–H groups in total. The van der Waals surface area contributed by atoms with Crippen LogP contribution in [0, 0.1) is 0 Å². The van der Waals surface area contributed by atoms with Crippen LogP contribution < -0.4 is 24.3 Å². The minimum atomic E-state index is 0.224. The number of ether oxygens (including phenoxy) is 4. The third-order valence-corrected chi connectivity index (χ3v) is 4.71. The molecule has 1 unspecified atom stereocenters. The van der Waals surface area contributed by atoms with Crippen LogP contribution in [0.3, 0.4) is 0 Å². The highest BCUT2D eigenvalue weighted by Crippen LogP contribution is 2.47. The molecule has 0 radical (unpaired) electrons. The number of benzene rings is 2. The normalized spacial score (nSPS) is 16.1. The molecule has 0 saturated carbocycles. The van der Waals surface area contributed by atoms with Gasteiger partial charge in [-0.05, 0) is 36.6 Å². The van der Waals surface area contributed by atoms with E-state index < -0.39 is 0 Å². The van der Waals surface area contributed by atoms with Crippen molar-refractivity contribution in [2.24, 2.45) is 0 Å². The van der Waals surface area contributed by atoms with E-state index in [-0.39, 0.29) is 6.04 Å².